The van der Waals surface area contributed by atoms with Crippen molar-refractivity contribution in [1.82, 2.24) is 0 Å². The summed E-state index contributed by atoms with van der Waals surface area (Å²) in [6.07, 6.45) is 0. The molecule has 0 amide bonds. The maximum absolute atomic E-state index is 10.1. The van der Waals surface area contributed by atoms with Crippen molar-refractivity contribution in [2.75, 3.05) is 6.54 Å². The number of nitrogens with two attached hydrogens (primary N) is 1. The first-order valence-corrected chi connectivity index (χ1v) is 2.86. The second kappa shape index (κ2) is 3.53. The molecule has 0 fully saturated rings. The van der Waals surface area contributed by atoms with Crippen molar-refractivity contribution in [1.29, 1.82) is 0 Å². The minimum atomic E-state index is -1.03. The molecule has 0 aromatic carbocycles. The van der Waals surface area contributed by atoms with Crippen LogP contribution in [0.4, 0.5) is 0 Å². The number of carboxylic acids is 1. The number of hydrogen-bond acceptors (Lipinski definition) is 3. The molecule has 3 nitrogen and oxygen atoms in total. The van der Waals surface area contributed by atoms with Crippen LogP contribution in [0.3, 0.4) is 0 Å². The average molecular weight is 147 g/mol. The molecule has 0 rings (SSSR count). The summed E-state index contributed by atoms with van der Waals surface area (Å²) in [6.45, 7) is 1.88. The molecular weight excluding hydrogens is 138 g/mol. The molecule has 0 aliphatic carbocycles. The lowest BCUT2D eigenvalue weighted by atomic mass is 10.3. The van der Waals surface area contributed by atoms with Gasteiger partial charge in [-0.05, 0) is 12.5 Å². The van der Waals surface area contributed by atoms with Crippen LogP contribution in [0.1, 0.15) is 6.92 Å². The van der Waals surface area contributed by atoms with Gasteiger partial charge in [0.05, 0.1) is 4.91 Å². The minimum Gasteiger partial charge on any atom is -0.477 e. The summed E-state index contributed by atoms with van der Waals surface area (Å²) in [6, 6.07) is 0. The Morgan fingerprint density at radius 3 is 2.33 bits per heavy atom. The Bertz CT molecular complexity index is 153. The molecule has 0 heterocycles. The summed E-state index contributed by atoms with van der Waals surface area (Å²) in [5.41, 5.74) is 5.73. The van der Waals surface area contributed by atoms with Crippen LogP contribution in [-0.2, 0) is 4.79 Å². The van der Waals surface area contributed by atoms with Gasteiger partial charge in [-0.3, -0.25) is 0 Å². The van der Waals surface area contributed by atoms with Crippen molar-refractivity contribution >= 4 is 18.6 Å². The summed E-state index contributed by atoms with van der Waals surface area (Å²) >= 11 is 3.70. The van der Waals surface area contributed by atoms with E-state index in [4.69, 9.17) is 10.8 Å². The van der Waals surface area contributed by atoms with Crippen molar-refractivity contribution in [2.24, 2.45) is 5.73 Å². The summed E-state index contributed by atoms with van der Waals surface area (Å²) in [5, 5.41) is 8.29. The highest BCUT2D eigenvalue weighted by Gasteiger charge is 2.03. The van der Waals surface area contributed by atoms with Crippen molar-refractivity contribution in [3.8, 4) is 0 Å². The average Bonchev–Trinajstić information content (AvgIpc) is 1.84. The topological polar surface area (TPSA) is 63.3 Å². The zero-order chi connectivity index (χ0) is 7.44. The predicted molar refractivity (Wildman–Crippen MR) is 38.4 cm³/mol. The Labute approximate surface area is 59.0 Å². The maximum Gasteiger partial charge on any atom is 0.341 e. The van der Waals surface area contributed by atoms with Gasteiger partial charge in [-0.2, -0.15) is 0 Å². The number of carbonyl (C=O) groups is 1. The molecular formula is C5H9NO2S. The molecule has 0 spiro atoms. The third-order valence-electron chi connectivity index (χ3n) is 0.913. The normalized spacial score (nSPS) is 12.8. The zero-order valence-electron chi connectivity index (χ0n) is 5.09. The van der Waals surface area contributed by atoms with Crippen LogP contribution >= 0.6 is 12.6 Å². The van der Waals surface area contributed by atoms with E-state index in [1.165, 1.54) is 0 Å². The van der Waals surface area contributed by atoms with Gasteiger partial charge < -0.3 is 10.8 Å². The van der Waals surface area contributed by atoms with Crippen molar-refractivity contribution in [3.63, 3.8) is 0 Å². The van der Waals surface area contributed by atoms with E-state index in [0.717, 1.165) is 0 Å². The number of aliphatic carboxylic acids is 1. The third kappa shape index (κ3) is 2.53. The standard InChI is InChI=1S/C5H9NO2S/c1-3(2-6)4(9)5(7)8/h9H,2,6H2,1H3,(H,7,8)/b4-3-. The molecule has 0 saturated heterocycles. The van der Waals surface area contributed by atoms with E-state index in [1.807, 2.05) is 0 Å². The van der Waals surface area contributed by atoms with Gasteiger partial charge in [0.15, 0.2) is 0 Å². The Morgan fingerprint density at radius 1 is 1.78 bits per heavy atom. The third-order valence-corrected chi connectivity index (χ3v) is 1.49. The van der Waals surface area contributed by atoms with Gasteiger partial charge in [-0.1, -0.05) is 0 Å². The number of hydrogen-bond donors (Lipinski definition) is 3. The van der Waals surface area contributed by atoms with Gasteiger partial charge in [-0.25, -0.2) is 4.79 Å². The summed E-state index contributed by atoms with van der Waals surface area (Å²) < 4.78 is 0. The van der Waals surface area contributed by atoms with Crippen molar-refractivity contribution in [3.05, 3.63) is 10.5 Å². The van der Waals surface area contributed by atoms with Crippen LogP contribution in [0, 0.1) is 0 Å². The molecule has 0 saturated carbocycles. The van der Waals surface area contributed by atoms with Crippen LogP contribution in [0.15, 0.2) is 10.5 Å². The highest BCUT2D eigenvalue weighted by Crippen LogP contribution is 2.05. The molecule has 0 unspecified atom stereocenters. The Morgan fingerprint density at radius 2 is 2.22 bits per heavy atom. The lowest BCUT2D eigenvalue weighted by Crippen LogP contribution is -2.06. The van der Waals surface area contributed by atoms with Gasteiger partial charge in [0, 0.05) is 6.54 Å². The highest BCUT2D eigenvalue weighted by molar-refractivity contribution is 7.85. The highest BCUT2D eigenvalue weighted by atomic mass is 32.1. The number of carboxylic acid groups (broad SMARTS) is 1. The Hall–Kier alpha value is -0.480. The van der Waals surface area contributed by atoms with E-state index in [2.05, 4.69) is 12.6 Å². The van der Waals surface area contributed by atoms with E-state index >= 15 is 0 Å². The molecule has 0 aromatic rings. The van der Waals surface area contributed by atoms with E-state index in [9.17, 15) is 4.79 Å². The Kier molecular flexibility index (Phi) is 3.34. The van der Waals surface area contributed by atoms with Gasteiger partial charge in [0.1, 0.15) is 0 Å². The molecule has 0 radical (unpaired) electrons. The lowest BCUT2D eigenvalue weighted by Gasteiger charge is -1.96. The fourth-order valence-corrected chi connectivity index (χ4v) is 0.371. The van der Waals surface area contributed by atoms with Crippen LogP contribution in [0.25, 0.3) is 0 Å². The fraction of sp³-hybridized carbons (Fsp3) is 0.400. The fourth-order valence-electron chi connectivity index (χ4n) is 0.279. The van der Waals surface area contributed by atoms with Gasteiger partial charge >= 0.3 is 5.97 Å². The molecule has 3 N–H and O–H groups in total. The zero-order valence-corrected chi connectivity index (χ0v) is 5.98. The van der Waals surface area contributed by atoms with E-state index in [-0.39, 0.29) is 11.4 Å². The molecule has 0 bridgehead atoms. The first-order chi connectivity index (χ1) is 4.09. The van der Waals surface area contributed by atoms with Crippen LogP contribution < -0.4 is 5.73 Å². The molecule has 9 heavy (non-hydrogen) atoms. The summed E-state index contributed by atoms with van der Waals surface area (Å²) in [7, 11) is 0. The molecule has 4 heteroatoms. The molecule has 0 aliphatic heterocycles. The van der Waals surface area contributed by atoms with Gasteiger partial charge in [0.25, 0.3) is 0 Å². The van der Waals surface area contributed by atoms with Crippen LogP contribution in [0.2, 0.25) is 0 Å². The first kappa shape index (κ1) is 8.52. The van der Waals surface area contributed by atoms with Gasteiger partial charge in [-0.15, -0.1) is 12.6 Å². The van der Waals surface area contributed by atoms with E-state index in [0.29, 0.717) is 5.57 Å². The van der Waals surface area contributed by atoms with Crippen molar-refractivity contribution < 1.29 is 9.90 Å². The quantitative estimate of drug-likeness (QED) is 0.387. The Balaban J connectivity index is 4.28. The second-order valence-corrected chi connectivity index (χ2v) is 2.09. The number of rotatable bonds is 2. The largest absolute Gasteiger partial charge is 0.477 e. The molecule has 0 atom stereocenters. The summed E-state index contributed by atoms with van der Waals surface area (Å²) in [5.74, 6) is -1.03. The molecule has 0 aromatic heterocycles. The van der Waals surface area contributed by atoms with Gasteiger partial charge in [0.2, 0.25) is 0 Å². The molecule has 52 valence electrons. The SMILES string of the molecule is C/C(CN)=C(/S)C(=O)O. The first-order valence-electron chi connectivity index (χ1n) is 2.41. The second-order valence-electron chi connectivity index (χ2n) is 1.64. The minimum absolute atomic E-state index is 0.0394. The van der Waals surface area contributed by atoms with E-state index < -0.39 is 5.97 Å². The lowest BCUT2D eigenvalue weighted by molar-refractivity contribution is -0.131. The maximum atomic E-state index is 10.1. The van der Waals surface area contributed by atoms with Crippen LogP contribution in [-0.4, -0.2) is 17.6 Å². The monoisotopic (exact) mass is 147 g/mol. The van der Waals surface area contributed by atoms with Crippen LogP contribution in [0.5, 0.6) is 0 Å². The van der Waals surface area contributed by atoms with Crippen molar-refractivity contribution in [2.45, 2.75) is 6.92 Å². The predicted octanol–water partition coefficient (Wildman–Crippen LogP) is 0.234. The summed E-state index contributed by atoms with van der Waals surface area (Å²) in [4.78, 5) is 10.1. The smallest absolute Gasteiger partial charge is 0.341 e. The van der Waals surface area contributed by atoms with E-state index in [1.54, 1.807) is 6.92 Å². The number of thiol groups is 1. The molecule has 0 aliphatic rings.